The van der Waals surface area contributed by atoms with Gasteiger partial charge in [0.15, 0.2) is 0 Å². The van der Waals surface area contributed by atoms with Crippen molar-refractivity contribution in [1.82, 2.24) is 0 Å². The van der Waals surface area contributed by atoms with E-state index in [0.29, 0.717) is 91.6 Å². The Morgan fingerprint density at radius 2 is 0.696 bits per heavy atom. The monoisotopic (exact) mass is 1450 g/mol. The Labute approximate surface area is 613 Å². The van der Waals surface area contributed by atoms with Crippen LogP contribution in [0.4, 0.5) is 0 Å². The molecule has 2 atom stereocenters. The van der Waals surface area contributed by atoms with Crippen LogP contribution in [-0.4, -0.2) is 30.0 Å². The molecule has 0 saturated carbocycles. The van der Waals surface area contributed by atoms with Gasteiger partial charge in [0.1, 0.15) is 0 Å². The second kappa shape index (κ2) is 40.5. The van der Waals surface area contributed by atoms with E-state index in [2.05, 4.69) is 67.5 Å². The number of hydrogen-bond donors (Lipinski definition) is 1. The molecule has 1 N–H and O–H groups in total. The molecule has 2 aromatic heterocycles. The summed E-state index contributed by atoms with van der Waals surface area (Å²) in [6.45, 7) is 21.7. The third-order valence-corrected chi connectivity index (χ3v) is 26.7. The van der Waals surface area contributed by atoms with Gasteiger partial charge in [0.05, 0.1) is 0 Å². The van der Waals surface area contributed by atoms with Gasteiger partial charge in [-0.3, -0.25) is 0 Å². The molecule has 6 aromatic carbocycles. The third-order valence-electron chi connectivity index (χ3n) is 20.5. The zero-order chi connectivity index (χ0) is 73.0. The van der Waals surface area contributed by atoms with Gasteiger partial charge < -0.3 is 0 Å². The van der Waals surface area contributed by atoms with Crippen LogP contribution < -0.4 is 19.7 Å². The van der Waals surface area contributed by atoms with Gasteiger partial charge in [-0.15, -0.1) is 0 Å². The van der Waals surface area contributed by atoms with E-state index < -0.39 is 33.4 Å². The predicted molar refractivity (Wildman–Crippen MR) is 430 cm³/mol. The topological polar surface area (TPSA) is 152 Å². The number of unbranched alkanes of at least 4 members (excludes halogenated alkanes) is 30. The SMILES string of the molecule is CCCCCCCCCCCCCCCCCCOC(=O)CCc1cc(C)c(P(O)(Oc2cccc3c4ccccc4o[p+](=O)c23)(Oc2cccc3c4ccccc4o[p+](=O)c23)c2c(C)cc(CCC(=O)OCCCCCCCCCCCCCCCCCC)cc2C(C)(C)C)c(C(C)(C)C)c1. The minimum absolute atomic E-state index is 0.0740. The van der Waals surface area contributed by atoms with Gasteiger partial charge in [0, 0.05) is 0 Å². The summed E-state index contributed by atoms with van der Waals surface area (Å²) in [6.07, 6.45) is 41.7. The van der Waals surface area contributed by atoms with E-state index in [1.807, 2.05) is 86.6 Å². The van der Waals surface area contributed by atoms with Crippen molar-refractivity contribution < 1.29 is 50.5 Å². The molecule has 0 aliphatic rings. The summed E-state index contributed by atoms with van der Waals surface area (Å²) >= 11 is 0. The fourth-order valence-corrected chi connectivity index (χ4v) is 22.1. The van der Waals surface area contributed by atoms with Crippen LogP contribution in [0.3, 0.4) is 0 Å². The zero-order valence-electron chi connectivity index (χ0n) is 64.1. The second-order valence-corrected chi connectivity index (χ2v) is 36.6. The summed E-state index contributed by atoms with van der Waals surface area (Å²) in [5.74, 6) is -0.387. The van der Waals surface area contributed by atoms with Gasteiger partial charge in [0.25, 0.3) is 0 Å². The summed E-state index contributed by atoms with van der Waals surface area (Å²) in [5, 5.41) is 3.83. The molecule has 0 fully saturated rings. The number of fused-ring (bicyclic) bond motifs is 6. The maximum absolute atomic E-state index is 16.1. The Kier molecular flexibility index (Phi) is 32.5. The van der Waals surface area contributed by atoms with E-state index >= 15 is 14.0 Å². The fourth-order valence-electron chi connectivity index (χ4n) is 15.0. The molecule has 0 radical (unpaired) electrons. The molecule has 11 nitrogen and oxygen atoms in total. The summed E-state index contributed by atoms with van der Waals surface area (Å²) in [4.78, 5) is 43.5. The predicted octanol–water partition coefficient (Wildman–Crippen LogP) is 27.1. The van der Waals surface area contributed by atoms with Crippen LogP contribution >= 0.6 is 22.6 Å². The quantitative estimate of drug-likeness (QED) is 0.0168. The molecule has 14 heteroatoms. The summed E-state index contributed by atoms with van der Waals surface area (Å²) < 4.78 is 70.2. The Balaban J connectivity index is 1.10. The number of esters is 2. The fraction of sp³-hybridized carbons (Fsp3) is 0.568. The van der Waals surface area contributed by atoms with Crippen LogP contribution in [0.1, 0.15) is 307 Å². The third kappa shape index (κ3) is 23.0. The van der Waals surface area contributed by atoms with Crippen molar-refractivity contribution in [2.24, 2.45) is 0 Å². The van der Waals surface area contributed by atoms with E-state index in [0.717, 1.165) is 49.7 Å². The molecule has 0 bridgehead atoms. The van der Waals surface area contributed by atoms with Gasteiger partial charge in [-0.05, 0) is 0 Å². The van der Waals surface area contributed by atoms with Crippen LogP contribution in [0.2, 0.25) is 0 Å². The molecule has 8 rings (SSSR count). The Morgan fingerprint density at radius 1 is 0.402 bits per heavy atom. The molecule has 2 unspecified atom stereocenters. The number of rotatable bonds is 46. The van der Waals surface area contributed by atoms with Gasteiger partial charge >= 0.3 is 436 Å². The van der Waals surface area contributed by atoms with E-state index in [1.165, 1.54) is 167 Å². The Bertz CT molecular complexity index is 3840. The van der Waals surface area contributed by atoms with E-state index in [1.54, 1.807) is 24.3 Å². The first-order valence-electron chi connectivity index (χ1n) is 39.7. The number of aryl methyl sites for hydroxylation is 4. The van der Waals surface area contributed by atoms with Crippen molar-refractivity contribution in [3.05, 3.63) is 143 Å². The molecule has 0 spiro atoms. The first-order chi connectivity index (χ1) is 49.1. The number of ether oxygens (including phenoxy) is 2. The summed E-state index contributed by atoms with van der Waals surface area (Å²) in [6, 6.07) is 33.9. The average molecular weight is 1450 g/mol. The van der Waals surface area contributed by atoms with Crippen LogP contribution in [0.5, 0.6) is 11.5 Å². The van der Waals surface area contributed by atoms with Gasteiger partial charge in [-0.2, -0.15) is 0 Å². The molecular formula is C88H125O11P3+2. The second-order valence-electron chi connectivity index (χ2n) is 31.3. The normalized spacial score (nSPS) is 12.9. The molecule has 8 aromatic rings. The van der Waals surface area contributed by atoms with Crippen molar-refractivity contribution in [3.63, 3.8) is 0 Å². The minimum atomic E-state index is -6.15. The van der Waals surface area contributed by atoms with Crippen molar-refractivity contribution in [3.8, 4) is 11.5 Å². The first kappa shape index (κ1) is 81.7. The molecule has 0 aliphatic carbocycles. The summed E-state index contributed by atoms with van der Waals surface area (Å²) in [7, 11) is -11.4. The number of carbonyl (C=O) groups is 2. The molecular weight excluding hydrogens is 1330 g/mol. The van der Waals surface area contributed by atoms with Crippen molar-refractivity contribution in [2.75, 3.05) is 13.2 Å². The van der Waals surface area contributed by atoms with Gasteiger partial charge in [-0.25, -0.2) is 0 Å². The number of carbonyl (C=O) groups excluding carboxylic acids is 2. The van der Waals surface area contributed by atoms with Crippen molar-refractivity contribution in [1.29, 1.82) is 0 Å². The molecule has 102 heavy (non-hydrogen) atoms. The van der Waals surface area contributed by atoms with Gasteiger partial charge in [-0.1, -0.05) is 181 Å². The van der Waals surface area contributed by atoms with E-state index in [9.17, 15) is 9.59 Å². The summed E-state index contributed by atoms with van der Waals surface area (Å²) in [5.41, 5.74) is 3.70. The van der Waals surface area contributed by atoms with Crippen LogP contribution in [0, 0.1) is 13.8 Å². The Morgan fingerprint density at radius 3 is 1.01 bits per heavy atom. The first-order valence-corrected chi connectivity index (χ1v) is 44.1. The molecule has 0 aliphatic heterocycles. The number of hydrogen-bond acceptors (Lipinski definition) is 11. The maximum atomic E-state index is 16.1. The van der Waals surface area contributed by atoms with E-state index in [4.69, 9.17) is 26.9 Å². The Hall–Kier alpha value is -5.95. The average Bonchev–Trinajstić information content (AvgIpc) is 0.680. The molecule has 2 heterocycles. The number of para-hydroxylation sites is 2. The zero-order valence-corrected chi connectivity index (χ0v) is 66.8. The standard InChI is InChI=1S/C88H125O11P3/c1-11-13-15-17-19-21-23-25-27-29-31-33-35-37-39-45-61-94-81(89)59-57-69-63-67(3)85(75(65-69)87(5,6)7)102(93,98-79-55-47-51-73-71-49-41-43-53-77(71)96-100(91)83(73)79,99-80-56-48-52-74-72-50-42-44-54-78(72)97-101(92)84(74)80)86-68(4)64-70(66-76(86)88(8,9)10)58-60-82(90)95-62-46-40-38-36-34-32-30-28-26-24-22-20-18-16-14-12-2/h41-44,47-56,63-66,93H,11-40,45-46,57-62H2,1-10H3/q+2. The van der Waals surface area contributed by atoms with Crippen LogP contribution in [0.15, 0.2) is 118 Å². The number of benzene rings is 6. The molecule has 556 valence electrons. The van der Waals surface area contributed by atoms with Crippen LogP contribution in [-0.2, 0) is 51.9 Å². The molecule has 0 saturated heterocycles. The van der Waals surface area contributed by atoms with Gasteiger partial charge in [0.2, 0.25) is 0 Å². The molecule has 0 amide bonds. The van der Waals surface area contributed by atoms with Crippen LogP contribution in [0.25, 0.3) is 42.9 Å². The van der Waals surface area contributed by atoms with Crippen molar-refractivity contribution >= 4 is 88.1 Å². The van der Waals surface area contributed by atoms with E-state index in [-0.39, 0.29) is 46.5 Å². The van der Waals surface area contributed by atoms with Crippen molar-refractivity contribution in [2.45, 2.75) is 311 Å².